The lowest BCUT2D eigenvalue weighted by Crippen LogP contribution is -2.37. The van der Waals surface area contributed by atoms with Crippen molar-refractivity contribution >= 4 is 23.1 Å². The van der Waals surface area contributed by atoms with Gasteiger partial charge in [-0.25, -0.2) is 0 Å². The number of rotatable bonds is 3. The molecule has 1 aliphatic rings. The van der Waals surface area contributed by atoms with Crippen molar-refractivity contribution in [1.29, 1.82) is 0 Å². The van der Waals surface area contributed by atoms with Gasteiger partial charge in [-0.3, -0.25) is 4.79 Å². The predicted molar refractivity (Wildman–Crippen MR) is 81.7 cm³/mol. The van der Waals surface area contributed by atoms with Crippen molar-refractivity contribution in [3.63, 3.8) is 0 Å². The second-order valence-electron chi connectivity index (χ2n) is 4.69. The Bertz CT molecular complexity index is 687. The van der Waals surface area contributed by atoms with Gasteiger partial charge in [0.15, 0.2) is 6.10 Å². The van der Waals surface area contributed by atoms with Crippen LogP contribution in [0.3, 0.4) is 0 Å². The molecule has 4 nitrogen and oxygen atoms in total. The van der Waals surface area contributed by atoms with Gasteiger partial charge in [0.05, 0.1) is 24.9 Å². The summed E-state index contributed by atoms with van der Waals surface area (Å²) in [5.74, 6) is 1.01. The SMILES string of the molecule is COc1ccc(Cl)cc1C(=O)C1CNc2ccccc2O1. The summed E-state index contributed by atoms with van der Waals surface area (Å²) < 4.78 is 11.0. The summed E-state index contributed by atoms with van der Waals surface area (Å²) in [4.78, 5) is 12.6. The third-order valence-corrected chi connectivity index (χ3v) is 3.59. The van der Waals surface area contributed by atoms with Crippen LogP contribution in [0.2, 0.25) is 5.02 Å². The zero-order valence-electron chi connectivity index (χ0n) is 11.4. The van der Waals surface area contributed by atoms with Gasteiger partial charge >= 0.3 is 0 Å². The molecule has 0 aliphatic carbocycles. The van der Waals surface area contributed by atoms with Crippen molar-refractivity contribution in [2.45, 2.75) is 6.10 Å². The lowest BCUT2D eigenvalue weighted by Gasteiger charge is -2.26. The molecule has 1 unspecified atom stereocenters. The summed E-state index contributed by atoms with van der Waals surface area (Å²) in [6.45, 7) is 0.408. The number of methoxy groups -OCH3 is 1. The molecule has 0 bridgehead atoms. The second-order valence-corrected chi connectivity index (χ2v) is 5.13. The molecule has 3 rings (SSSR count). The second kappa shape index (κ2) is 5.66. The summed E-state index contributed by atoms with van der Waals surface area (Å²) in [6.07, 6.45) is -0.604. The van der Waals surface area contributed by atoms with Gasteiger partial charge < -0.3 is 14.8 Å². The normalized spacial score (nSPS) is 16.4. The molecule has 0 radical (unpaired) electrons. The first-order chi connectivity index (χ1) is 10.2. The number of halogens is 1. The Labute approximate surface area is 127 Å². The Hall–Kier alpha value is -2.20. The van der Waals surface area contributed by atoms with Crippen LogP contribution in [0.25, 0.3) is 0 Å². The Morgan fingerprint density at radius 3 is 2.95 bits per heavy atom. The van der Waals surface area contributed by atoms with Crippen molar-refractivity contribution in [2.24, 2.45) is 0 Å². The van der Waals surface area contributed by atoms with Gasteiger partial charge in [-0.1, -0.05) is 23.7 Å². The molecule has 0 aromatic heterocycles. The minimum absolute atomic E-state index is 0.156. The fourth-order valence-electron chi connectivity index (χ4n) is 2.31. The molecule has 0 amide bonds. The molecule has 0 saturated carbocycles. The van der Waals surface area contributed by atoms with E-state index in [1.165, 1.54) is 7.11 Å². The average molecular weight is 304 g/mol. The van der Waals surface area contributed by atoms with Crippen LogP contribution >= 0.6 is 11.6 Å². The molecule has 21 heavy (non-hydrogen) atoms. The zero-order chi connectivity index (χ0) is 14.8. The molecule has 108 valence electrons. The predicted octanol–water partition coefficient (Wildman–Crippen LogP) is 3.40. The van der Waals surface area contributed by atoms with Gasteiger partial charge in [0.25, 0.3) is 0 Å². The number of fused-ring (bicyclic) bond motifs is 1. The lowest BCUT2D eigenvalue weighted by atomic mass is 10.0. The molecule has 0 fully saturated rings. The topological polar surface area (TPSA) is 47.6 Å². The minimum Gasteiger partial charge on any atom is -0.496 e. The highest BCUT2D eigenvalue weighted by atomic mass is 35.5. The molecule has 1 atom stereocenters. The third-order valence-electron chi connectivity index (χ3n) is 3.35. The van der Waals surface area contributed by atoms with Crippen molar-refractivity contribution in [1.82, 2.24) is 0 Å². The minimum atomic E-state index is -0.604. The van der Waals surface area contributed by atoms with Gasteiger partial charge in [-0.15, -0.1) is 0 Å². The lowest BCUT2D eigenvalue weighted by molar-refractivity contribution is 0.0798. The van der Waals surface area contributed by atoms with Crippen molar-refractivity contribution < 1.29 is 14.3 Å². The van der Waals surface area contributed by atoms with Crippen LogP contribution in [0.5, 0.6) is 11.5 Å². The quantitative estimate of drug-likeness (QED) is 0.883. The number of carbonyl (C=O) groups excluding carboxylic acids is 1. The van der Waals surface area contributed by atoms with E-state index in [-0.39, 0.29) is 5.78 Å². The van der Waals surface area contributed by atoms with Crippen LogP contribution < -0.4 is 14.8 Å². The van der Waals surface area contributed by atoms with Crippen molar-refractivity contribution in [3.8, 4) is 11.5 Å². The average Bonchev–Trinajstić information content (AvgIpc) is 2.53. The van der Waals surface area contributed by atoms with Crippen molar-refractivity contribution in [3.05, 3.63) is 53.1 Å². The Kier molecular flexibility index (Phi) is 3.71. The van der Waals surface area contributed by atoms with E-state index in [1.807, 2.05) is 24.3 Å². The fourth-order valence-corrected chi connectivity index (χ4v) is 2.48. The number of hydrogen-bond acceptors (Lipinski definition) is 4. The molecule has 0 spiro atoms. The highest BCUT2D eigenvalue weighted by Gasteiger charge is 2.28. The van der Waals surface area contributed by atoms with Crippen LogP contribution in [0.4, 0.5) is 5.69 Å². The maximum absolute atomic E-state index is 12.6. The molecule has 1 aliphatic heterocycles. The molecule has 0 saturated heterocycles. The first-order valence-corrected chi connectivity index (χ1v) is 6.94. The Balaban J connectivity index is 1.89. The summed E-state index contributed by atoms with van der Waals surface area (Å²) in [6, 6.07) is 12.5. The molecule has 2 aromatic carbocycles. The van der Waals surface area contributed by atoms with Gasteiger partial charge in [-0.05, 0) is 30.3 Å². The molecule has 2 aromatic rings. The standard InChI is InChI=1S/C16H14ClNO3/c1-20-13-7-6-10(17)8-11(13)16(19)15-9-18-12-4-2-3-5-14(12)21-15/h2-8,15,18H,9H2,1H3. The van der Waals surface area contributed by atoms with E-state index in [9.17, 15) is 4.79 Å². The molecule has 1 N–H and O–H groups in total. The first-order valence-electron chi connectivity index (χ1n) is 6.56. The van der Waals surface area contributed by atoms with Gasteiger partial charge in [0.1, 0.15) is 11.5 Å². The summed E-state index contributed by atoms with van der Waals surface area (Å²) in [5.41, 5.74) is 1.32. The van der Waals surface area contributed by atoms with Crippen molar-refractivity contribution in [2.75, 3.05) is 19.0 Å². The summed E-state index contributed by atoms with van der Waals surface area (Å²) in [5, 5.41) is 3.69. The highest BCUT2D eigenvalue weighted by molar-refractivity contribution is 6.31. The fraction of sp³-hybridized carbons (Fsp3) is 0.188. The van der Waals surface area contributed by atoms with Crippen LogP contribution in [0.15, 0.2) is 42.5 Å². The van der Waals surface area contributed by atoms with Crippen LogP contribution in [0.1, 0.15) is 10.4 Å². The highest BCUT2D eigenvalue weighted by Crippen LogP contribution is 2.31. The largest absolute Gasteiger partial charge is 0.496 e. The van der Waals surface area contributed by atoms with E-state index in [0.29, 0.717) is 28.6 Å². The molecular formula is C16H14ClNO3. The van der Waals surface area contributed by atoms with Crippen LogP contribution in [-0.4, -0.2) is 25.5 Å². The van der Waals surface area contributed by atoms with Crippen LogP contribution in [-0.2, 0) is 0 Å². The number of carbonyl (C=O) groups is 1. The van der Waals surface area contributed by atoms with E-state index in [1.54, 1.807) is 18.2 Å². The Morgan fingerprint density at radius 2 is 2.14 bits per heavy atom. The van der Waals surface area contributed by atoms with E-state index in [2.05, 4.69) is 5.32 Å². The van der Waals surface area contributed by atoms with Crippen LogP contribution in [0, 0.1) is 0 Å². The smallest absolute Gasteiger partial charge is 0.208 e. The van der Waals surface area contributed by atoms with E-state index < -0.39 is 6.10 Å². The molecular weight excluding hydrogens is 290 g/mol. The van der Waals surface area contributed by atoms with E-state index >= 15 is 0 Å². The third kappa shape index (κ3) is 2.67. The number of benzene rings is 2. The van der Waals surface area contributed by atoms with Gasteiger partial charge in [0.2, 0.25) is 5.78 Å². The summed E-state index contributed by atoms with van der Waals surface area (Å²) in [7, 11) is 1.52. The molecule has 1 heterocycles. The first kappa shape index (κ1) is 13.8. The zero-order valence-corrected chi connectivity index (χ0v) is 12.2. The molecule has 5 heteroatoms. The number of anilines is 1. The van der Waals surface area contributed by atoms with E-state index in [4.69, 9.17) is 21.1 Å². The Morgan fingerprint density at radius 1 is 1.33 bits per heavy atom. The maximum atomic E-state index is 12.6. The van der Waals surface area contributed by atoms with Gasteiger partial charge in [-0.2, -0.15) is 0 Å². The van der Waals surface area contributed by atoms with E-state index in [0.717, 1.165) is 5.69 Å². The maximum Gasteiger partial charge on any atom is 0.208 e. The number of ether oxygens (including phenoxy) is 2. The monoisotopic (exact) mass is 303 g/mol. The number of para-hydroxylation sites is 2. The number of hydrogen-bond donors (Lipinski definition) is 1. The number of nitrogens with one attached hydrogen (secondary N) is 1. The number of ketones is 1. The number of Topliss-reactive ketones (excluding diaryl/α,β-unsaturated/α-hetero) is 1. The van der Waals surface area contributed by atoms with Gasteiger partial charge in [0, 0.05) is 5.02 Å². The summed E-state index contributed by atoms with van der Waals surface area (Å²) >= 11 is 5.97.